The second kappa shape index (κ2) is 8.02. The van der Waals surface area contributed by atoms with Gasteiger partial charge in [-0.15, -0.1) is 0 Å². The van der Waals surface area contributed by atoms with Crippen molar-refractivity contribution in [3.05, 3.63) is 23.8 Å². The Kier molecular flexibility index (Phi) is 6.33. The van der Waals surface area contributed by atoms with Crippen LogP contribution >= 0.6 is 0 Å². The molecule has 108 valence electrons. The molecule has 0 aliphatic heterocycles. The van der Waals surface area contributed by atoms with Crippen LogP contribution in [0.4, 0.5) is 5.69 Å². The maximum Gasteiger partial charge on any atom is 0.257 e. The average molecular weight is 277 g/mol. The predicted molar refractivity (Wildman–Crippen MR) is 75.4 cm³/mol. The topological polar surface area (TPSA) is 88.6 Å². The Balaban J connectivity index is 2.98. The maximum atomic E-state index is 12.5. The van der Waals surface area contributed by atoms with Crippen molar-refractivity contribution in [2.24, 2.45) is 0 Å². The van der Waals surface area contributed by atoms with Crippen LogP contribution < -0.4 is 10.5 Å². The number of nitriles is 1. The molecule has 0 fully saturated rings. The lowest BCUT2D eigenvalue weighted by Crippen LogP contribution is -2.35. The number of benzene rings is 1. The lowest BCUT2D eigenvalue weighted by molar-refractivity contribution is 0.0696. The summed E-state index contributed by atoms with van der Waals surface area (Å²) >= 11 is 0. The Bertz CT molecular complexity index is 497. The second-order valence-electron chi connectivity index (χ2n) is 4.15. The summed E-state index contributed by atoms with van der Waals surface area (Å²) in [5.41, 5.74) is 6.59. The first-order chi connectivity index (χ1) is 9.63. The minimum Gasteiger partial charge on any atom is -0.496 e. The molecule has 0 heterocycles. The molecule has 0 aliphatic carbocycles. The molecule has 0 aromatic heterocycles. The third-order valence-corrected chi connectivity index (χ3v) is 2.80. The van der Waals surface area contributed by atoms with E-state index >= 15 is 0 Å². The van der Waals surface area contributed by atoms with Gasteiger partial charge in [0.05, 0.1) is 31.8 Å². The van der Waals surface area contributed by atoms with Gasteiger partial charge in [-0.1, -0.05) is 0 Å². The third kappa shape index (κ3) is 4.14. The van der Waals surface area contributed by atoms with Crippen LogP contribution in [0.1, 0.15) is 16.8 Å². The van der Waals surface area contributed by atoms with Crippen molar-refractivity contribution in [2.75, 3.05) is 39.6 Å². The zero-order valence-corrected chi connectivity index (χ0v) is 11.8. The Hall–Kier alpha value is -2.26. The van der Waals surface area contributed by atoms with Gasteiger partial charge in [0, 0.05) is 25.9 Å². The molecular weight excluding hydrogens is 258 g/mol. The van der Waals surface area contributed by atoms with Gasteiger partial charge >= 0.3 is 0 Å². The van der Waals surface area contributed by atoms with Crippen molar-refractivity contribution >= 4 is 11.6 Å². The van der Waals surface area contributed by atoms with Gasteiger partial charge in [-0.2, -0.15) is 5.26 Å². The van der Waals surface area contributed by atoms with Crippen molar-refractivity contribution in [1.82, 2.24) is 4.90 Å². The summed E-state index contributed by atoms with van der Waals surface area (Å²) in [4.78, 5) is 14.1. The highest BCUT2D eigenvalue weighted by molar-refractivity contribution is 5.97. The molecule has 1 rings (SSSR count). The lowest BCUT2D eigenvalue weighted by atomic mass is 10.1. The fraction of sp³-hybridized carbons (Fsp3) is 0.429. The highest BCUT2D eigenvalue weighted by Crippen LogP contribution is 2.22. The maximum absolute atomic E-state index is 12.5. The van der Waals surface area contributed by atoms with E-state index in [1.165, 1.54) is 7.11 Å². The quantitative estimate of drug-likeness (QED) is 0.758. The smallest absolute Gasteiger partial charge is 0.257 e. The molecule has 1 aromatic rings. The number of ether oxygens (including phenoxy) is 2. The van der Waals surface area contributed by atoms with Gasteiger partial charge in [-0.05, 0) is 18.2 Å². The van der Waals surface area contributed by atoms with Crippen LogP contribution in [-0.4, -0.2) is 44.7 Å². The van der Waals surface area contributed by atoms with Crippen LogP contribution in [0.3, 0.4) is 0 Å². The van der Waals surface area contributed by atoms with Crippen molar-refractivity contribution < 1.29 is 14.3 Å². The largest absolute Gasteiger partial charge is 0.496 e. The van der Waals surface area contributed by atoms with E-state index in [-0.39, 0.29) is 12.3 Å². The number of anilines is 1. The number of methoxy groups -OCH3 is 2. The highest BCUT2D eigenvalue weighted by atomic mass is 16.5. The van der Waals surface area contributed by atoms with Crippen molar-refractivity contribution in [2.45, 2.75) is 6.42 Å². The predicted octanol–water partition coefficient (Wildman–Crippen LogP) is 1.28. The number of nitrogens with zero attached hydrogens (tertiary/aromatic N) is 2. The summed E-state index contributed by atoms with van der Waals surface area (Å²) in [6.45, 7) is 1.16. The molecule has 0 aliphatic rings. The van der Waals surface area contributed by atoms with Gasteiger partial charge < -0.3 is 20.1 Å². The van der Waals surface area contributed by atoms with E-state index in [0.717, 1.165) is 0 Å². The number of rotatable bonds is 7. The Morgan fingerprint density at radius 2 is 2.15 bits per heavy atom. The van der Waals surface area contributed by atoms with E-state index in [4.69, 9.17) is 20.5 Å². The number of nitrogen functional groups attached to an aromatic ring is 1. The van der Waals surface area contributed by atoms with Crippen LogP contribution in [0.2, 0.25) is 0 Å². The fourth-order valence-electron chi connectivity index (χ4n) is 1.76. The van der Waals surface area contributed by atoms with E-state index in [0.29, 0.717) is 36.7 Å². The van der Waals surface area contributed by atoms with Crippen LogP contribution in [0.25, 0.3) is 0 Å². The SMILES string of the molecule is COCCN(CCC#N)C(=O)c1cc(N)ccc1OC. The van der Waals surface area contributed by atoms with Gasteiger partial charge in [0.25, 0.3) is 5.91 Å². The molecule has 0 saturated heterocycles. The van der Waals surface area contributed by atoms with Crippen molar-refractivity contribution in [3.63, 3.8) is 0 Å². The Morgan fingerprint density at radius 1 is 1.40 bits per heavy atom. The molecule has 0 radical (unpaired) electrons. The number of carbonyl (C=O) groups excluding carboxylic acids is 1. The summed E-state index contributed by atoms with van der Waals surface area (Å²) in [6, 6.07) is 6.93. The Labute approximate surface area is 118 Å². The summed E-state index contributed by atoms with van der Waals surface area (Å²) in [7, 11) is 3.06. The van der Waals surface area contributed by atoms with Crippen LogP contribution in [0, 0.1) is 11.3 Å². The van der Waals surface area contributed by atoms with Gasteiger partial charge in [0.1, 0.15) is 5.75 Å². The zero-order chi connectivity index (χ0) is 15.0. The number of hydrogen-bond acceptors (Lipinski definition) is 5. The van der Waals surface area contributed by atoms with E-state index in [9.17, 15) is 4.79 Å². The van der Waals surface area contributed by atoms with Crippen LogP contribution in [0.5, 0.6) is 5.75 Å². The lowest BCUT2D eigenvalue weighted by Gasteiger charge is -2.22. The third-order valence-electron chi connectivity index (χ3n) is 2.80. The number of nitrogens with two attached hydrogens (primary N) is 1. The van der Waals surface area contributed by atoms with E-state index in [2.05, 4.69) is 0 Å². The molecular formula is C14H19N3O3. The monoisotopic (exact) mass is 277 g/mol. The minimum absolute atomic E-state index is 0.221. The van der Waals surface area contributed by atoms with Crippen molar-refractivity contribution in [3.8, 4) is 11.8 Å². The molecule has 1 amide bonds. The van der Waals surface area contributed by atoms with Gasteiger partial charge in [-0.3, -0.25) is 4.79 Å². The average Bonchev–Trinajstić information content (AvgIpc) is 2.46. The molecule has 6 heteroatoms. The first-order valence-corrected chi connectivity index (χ1v) is 6.22. The highest BCUT2D eigenvalue weighted by Gasteiger charge is 2.19. The first kappa shape index (κ1) is 15.8. The molecule has 2 N–H and O–H groups in total. The molecule has 6 nitrogen and oxygen atoms in total. The number of hydrogen-bond donors (Lipinski definition) is 1. The van der Waals surface area contributed by atoms with E-state index in [1.54, 1.807) is 30.2 Å². The molecule has 0 unspecified atom stereocenters. The van der Waals surface area contributed by atoms with Crippen LogP contribution in [-0.2, 0) is 4.74 Å². The summed E-state index contributed by atoms with van der Waals surface area (Å²) in [6.07, 6.45) is 0.264. The standard InChI is InChI=1S/C14H19N3O3/c1-19-9-8-17(7-3-6-15)14(18)12-10-11(16)4-5-13(12)20-2/h4-5,10H,3,7-9,16H2,1-2H3. The molecule has 1 aromatic carbocycles. The number of carbonyl (C=O) groups is 1. The summed E-state index contributed by atoms with van der Waals surface area (Å²) in [5.74, 6) is 0.241. The first-order valence-electron chi connectivity index (χ1n) is 6.22. The van der Waals surface area contributed by atoms with Crippen LogP contribution in [0.15, 0.2) is 18.2 Å². The molecule has 20 heavy (non-hydrogen) atoms. The molecule has 0 bridgehead atoms. The fourth-order valence-corrected chi connectivity index (χ4v) is 1.76. The summed E-state index contributed by atoms with van der Waals surface area (Å²) < 4.78 is 10.2. The molecule has 0 atom stereocenters. The molecule has 0 spiro atoms. The summed E-state index contributed by atoms with van der Waals surface area (Å²) in [5, 5.41) is 8.67. The molecule has 0 saturated carbocycles. The van der Waals surface area contributed by atoms with Gasteiger partial charge in [0.15, 0.2) is 0 Å². The van der Waals surface area contributed by atoms with Gasteiger partial charge in [-0.25, -0.2) is 0 Å². The van der Waals surface area contributed by atoms with Crippen molar-refractivity contribution in [1.29, 1.82) is 5.26 Å². The zero-order valence-electron chi connectivity index (χ0n) is 11.8. The number of amides is 1. The van der Waals surface area contributed by atoms with E-state index in [1.807, 2.05) is 6.07 Å². The minimum atomic E-state index is -0.221. The normalized spacial score (nSPS) is 9.85. The van der Waals surface area contributed by atoms with Gasteiger partial charge in [0.2, 0.25) is 0 Å². The Morgan fingerprint density at radius 3 is 2.75 bits per heavy atom. The second-order valence-corrected chi connectivity index (χ2v) is 4.15. The van der Waals surface area contributed by atoms with E-state index < -0.39 is 0 Å².